The fraction of sp³-hybridized carbons (Fsp3) is 0.615. The van der Waals surface area contributed by atoms with Crippen LogP contribution in [0.4, 0.5) is 0 Å². The van der Waals surface area contributed by atoms with Crippen molar-refractivity contribution >= 4 is 15.9 Å². The van der Waals surface area contributed by atoms with Crippen molar-refractivity contribution in [3.05, 3.63) is 23.2 Å². The SMILES string of the molecule is Cc1cc(C(=O)NS(=O)(=O)[C@H](C)CC(C)C)c(C)o1. The van der Waals surface area contributed by atoms with Gasteiger partial charge in [-0.2, -0.15) is 0 Å². The fourth-order valence-corrected chi connectivity index (χ4v) is 3.14. The molecular formula is C13H21NO4S. The number of hydrogen-bond donors (Lipinski definition) is 1. The summed E-state index contributed by atoms with van der Waals surface area (Å²) in [6.07, 6.45) is 0.506. The molecule has 1 atom stereocenters. The minimum absolute atomic E-state index is 0.250. The molecule has 0 bridgehead atoms. The van der Waals surface area contributed by atoms with Gasteiger partial charge >= 0.3 is 0 Å². The number of carbonyl (C=O) groups is 1. The average Bonchev–Trinajstić information content (AvgIpc) is 2.56. The number of hydrogen-bond acceptors (Lipinski definition) is 4. The topological polar surface area (TPSA) is 76.4 Å². The van der Waals surface area contributed by atoms with Gasteiger partial charge in [-0.3, -0.25) is 4.79 Å². The minimum Gasteiger partial charge on any atom is -0.466 e. The molecule has 0 saturated heterocycles. The quantitative estimate of drug-likeness (QED) is 0.902. The molecular weight excluding hydrogens is 266 g/mol. The summed E-state index contributed by atoms with van der Waals surface area (Å²) < 4.78 is 31.3. The minimum atomic E-state index is -3.65. The third-order valence-electron chi connectivity index (χ3n) is 2.85. The monoisotopic (exact) mass is 287 g/mol. The highest BCUT2D eigenvalue weighted by Crippen LogP contribution is 2.16. The molecule has 1 N–H and O–H groups in total. The van der Waals surface area contributed by atoms with Crippen molar-refractivity contribution in [1.82, 2.24) is 4.72 Å². The largest absolute Gasteiger partial charge is 0.466 e. The van der Waals surface area contributed by atoms with E-state index in [0.29, 0.717) is 17.9 Å². The lowest BCUT2D eigenvalue weighted by atomic mass is 10.1. The molecule has 0 aromatic carbocycles. The molecule has 1 aromatic heterocycles. The first kappa shape index (κ1) is 15.8. The van der Waals surface area contributed by atoms with Gasteiger partial charge in [0.05, 0.1) is 10.8 Å². The number of furan rings is 1. The number of rotatable bonds is 5. The molecule has 0 aliphatic heterocycles. The Morgan fingerprint density at radius 2 is 1.89 bits per heavy atom. The number of nitrogens with one attached hydrogen (secondary N) is 1. The Labute approximate surface area is 114 Å². The predicted octanol–water partition coefficient (Wildman–Crippen LogP) is 2.39. The highest BCUT2D eigenvalue weighted by molar-refractivity contribution is 7.90. The zero-order valence-electron chi connectivity index (χ0n) is 12.0. The second-order valence-corrected chi connectivity index (χ2v) is 7.34. The molecule has 0 aliphatic rings. The lowest BCUT2D eigenvalue weighted by Crippen LogP contribution is -2.37. The molecule has 1 rings (SSSR count). The van der Waals surface area contributed by atoms with Crippen LogP contribution >= 0.6 is 0 Å². The number of carbonyl (C=O) groups excluding carboxylic acids is 1. The van der Waals surface area contributed by atoms with E-state index < -0.39 is 21.2 Å². The van der Waals surface area contributed by atoms with Gasteiger partial charge in [0.2, 0.25) is 10.0 Å². The van der Waals surface area contributed by atoms with Crippen molar-refractivity contribution in [2.75, 3.05) is 0 Å². The summed E-state index contributed by atoms with van der Waals surface area (Å²) in [5, 5.41) is -0.607. The molecule has 0 spiro atoms. The third kappa shape index (κ3) is 4.09. The molecule has 0 saturated carbocycles. The van der Waals surface area contributed by atoms with E-state index in [4.69, 9.17) is 4.42 Å². The van der Waals surface area contributed by atoms with Gasteiger partial charge in [-0.25, -0.2) is 13.1 Å². The Morgan fingerprint density at radius 1 is 1.32 bits per heavy atom. The summed E-state index contributed by atoms with van der Waals surface area (Å²) in [6, 6.07) is 1.54. The highest BCUT2D eigenvalue weighted by atomic mass is 32.2. The molecule has 0 unspecified atom stereocenters. The number of amides is 1. The zero-order chi connectivity index (χ0) is 14.8. The van der Waals surface area contributed by atoms with Gasteiger partial charge in [0.25, 0.3) is 5.91 Å². The van der Waals surface area contributed by atoms with E-state index in [1.807, 2.05) is 13.8 Å². The van der Waals surface area contributed by atoms with Crippen molar-refractivity contribution in [3.8, 4) is 0 Å². The van der Waals surface area contributed by atoms with Crippen molar-refractivity contribution in [3.63, 3.8) is 0 Å². The van der Waals surface area contributed by atoms with Gasteiger partial charge in [-0.05, 0) is 39.2 Å². The molecule has 6 heteroatoms. The van der Waals surface area contributed by atoms with Crippen molar-refractivity contribution in [2.24, 2.45) is 5.92 Å². The molecule has 0 fully saturated rings. The van der Waals surface area contributed by atoms with Crippen LogP contribution in [0.5, 0.6) is 0 Å². The van der Waals surface area contributed by atoms with Crippen LogP contribution in [0, 0.1) is 19.8 Å². The number of aryl methyl sites for hydroxylation is 2. The lowest BCUT2D eigenvalue weighted by Gasteiger charge is -2.15. The fourth-order valence-electron chi connectivity index (χ4n) is 1.93. The molecule has 108 valence electrons. The van der Waals surface area contributed by atoms with E-state index in [1.54, 1.807) is 20.8 Å². The first-order chi connectivity index (χ1) is 8.63. The van der Waals surface area contributed by atoms with Crippen molar-refractivity contribution < 1.29 is 17.6 Å². The van der Waals surface area contributed by atoms with Crippen molar-refractivity contribution in [2.45, 2.75) is 46.3 Å². The second kappa shape index (κ2) is 5.77. The Bertz CT molecular complexity index is 557. The summed E-state index contributed by atoms with van der Waals surface area (Å²) in [4.78, 5) is 11.9. The molecule has 1 amide bonds. The predicted molar refractivity (Wildman–Crippen MR) is 73.5 cm³/mol. The van der Waals surface area contributed by atoms with Crippen LogP contribution in [-0.2, 0) is 10.0 Å². The van der Waals surface area contributed by atoms with Crippen LogP contribution in [0.15, 0.2) is 10.5 Å². The normalized spacial score (nSPS) is 13.6. The van der Waals surface area contributed by atoms with E-state index in [2.05, 4.69) is 4.72 Å². The molecule has 0 radical (unpaired) electrons. The maximum absolute atomic E-state index is 12.0. The molecule has 5 nitrogen and oxygen atoms in total. The molecule has 1 aromatic rings. The van der Waals surface area contributed by atoms with E-state index >= 15 is 0 Å². The van der Waals surface area contributed by atoms with E-state index in [9.17, 15) is 13.2 Å². The molecule has 0 aliphatic carbocycles. The third-order valence-corrected chi connectivity index (χ3v) is 4.58. The van der Waals surface area contributed by atoms with Gasteiger partial charge in [0.1, 0.15) is 11.5 Å². The Kier molecular flexibility index (Phi) is 4.79. The van der Waals surface area contributed by atoms with Crippen LogP contribution in [0.25, 0.3) is 0 Å². The summed E-state index contributed by atoms with van der Waals surface area (Å²) in [7, 11) is -3.65. The van der Waals surface area contributed by atoms with Crippen LogP contribution in [0.3, 0.4) is 0 Å². The van der Waals surface area contributed by atoms with Gasteiger partial charge < -0.3 is 4.42 Å². The summed E-state index contributed by atoms with van der Waals surface area (Å²) >= 11 is 0. The standard InChI is InChI=1S/C13H21NO4S/c1-8(2)6-10(4)19(16,17)14-13(15)12-7-9(3)18-11(12)5/h7-8,10H,6H2,1-5H3,(H,14,15)/t10-/m1/s1. The maximum Gasteiger partial charge on any atom is 0.268 e. The van der Waals surface area contributed by atoms with Crippen LogP contribution in [-0.4, -0.2) is 19.6 Å². The van der Waals surface area contributed by atoms with Crippen LogP contribution in [0.1, 0.15) is 49.1 Å². The average molecular weight is 287 g/mol. The van der Waals surface area contributed by atoms with Gasteiger partial charge in [0.15, 0.2) is 0 Å². The Morgan fingerprint density at radius 3 is 2.32 bits per heavy atom. The lowest BCUT2D eigenvalue weighted by molar-refractivity contribution is 0.0979. The maximum atomic E-state index is 12.0. The van der Waals surface area contributed by atoms with E-state index in [0.717, 1.165) is 0 Å². The van der Waals surface area contributed by atoms with Crippen molar-refractivity contribution in [1.29, 1.82) is 0 Å². The Hall–Kier alpha value is -1.30. The van der Waals surface area contributed by atoms with Gasteiger partial charge in [-0.1, -0.05) is 13.8 Å². The summed E-state index contributed by atoms with van der Waals surface area (Å²) in [5.74, 6) is 0.613. The van der Waals surface area contributed by atoms with E-state index in [-0.39, 0.29) is 11.5 Å². The van der Waals surface area contributed by atoms with E-state index in [1.165, 1.54) is 6.07 Å². The first-order valence-corrected chi connectivity index (χ1v) is 7.81. The van der Waals surface area contributed by atoms with Gasteiger partial charge in [-0.15, -0.1) is 0 Å². The highest BCUT2D eigenvalue weighted by Gasteiger charge is 2.25. The number of sulfonamides is 1. The summed E-state index contributed by atoms with van der Waals surface area (Å²) in [5.41, 5.74) is 0.262. The molecule has 1 heterocycles. The second-order valence-electron chi connectivity index (χ2n) is 5.24. The summed E-state index contributed by atoms with van der Waals surface area (Å²) in [6.45, 7) is 8.82. The van der Waals surface area contributed by atoms with Crippen LogP contribution in [0.2, 0.25) is 0 Å². The van der Waals surface area contributed by atoms with Crippen LogP contribution < -0.4 is 4.72 Å². The smallest absolute Gasteiger partial charge is 0.268 e. The first-order valence-electron chi connectivity index (χ1n) is 6.26. The van der Waals surface area contributed by atoms with Gasteiger partial charge in [0, 0.05) is 0 Å². The Balaban J connectivity index is 2.84. The zero-order valence-corrected chi connectivity index (χ0v) is 12.8. The molecule has 19 heavy (non-hydrogen) atoms.